The second kappa shape index (κ2) is 7.29. The van der Waals surface area contributed by atoms with Crippen molar-refractivity contribution in [1.82, 2.24) is 10.2 Å². The Hall–Kier alpha value is -1.55. The van der Waals surface area contributed by atoms with Crippen LogP contribution in [0.25, 0.3) is 0 Å². The van der Waals surface area contributed by atoms with Gasteiger partial charge in [0.05, 0.1) is 0 Å². The third-order valence-electron chi connectivity index (χ3n) is 3.80. The first-order valence-corrected chi connectivity index (χ1v) is 7.51. The first-order chi connectivity index (χ1) is 9.72. The Balaban J connectivity index is 2.00. The van der Waals surface area contributed by atoms with Gasteiger partial charge in [-0.25, -0.2) is 0 Å². The topological polar surface area (TPSA) is 35.6 Å². The number of rotatable bonds is 5. The molecular formula is C16H25N3O. The molecule has 1 aromatic rings. The summed E-state index contributed by atoms with van der Waals surface area (Å²) in [4.78, 5) is 15.7. The maximum atomic E-state index is 11.4. The zero-order valence-electron chi connectivity index (χ0n) is 12.6. The molecule has 0 aromatic heterocycles. The zero-order valence-corrected chi connectivity index (χ0v) is 12.6. The molecule has 0 unspecified atom stereocenters. The highest BCUT2D eigenvalue weighted by Gasteiger charge is 2.20. The minimum absolute atomic E-state index is 0.183. The molecule has 1 amide bonds. The standard InChI is InChI=1S/C16H25N3O/c1-3-8-17-13-15-6-4-5-7-16(15)19-11-9-18(10-12-19)14(2)20/h4-7,17H,3,8-13H2,1-2H3. The maximum Gasteiger partial charge on any atom is 0.219 e. The van der Waals surface area contributed by atoms with Crippen molar-refractivity contribution in [2.45, 2.75) is 26.8 Å². The third kappa shape index (κ3) is 3.73. The number of piperazine rings is 1. The van der Waals surface area contributed by atoms with Gasteiger partial charge in [-0.05, 0) is 24.6 Å². The Morgan fingerprint density at radius 1 is 1.20 bits per heavy atom. The molecule has 2 rings (SSSR count). The highest BCUT2D eigenvalue weighted by atomic mass is 16.2. The summed E-state index contributed by atoms with van der Waals surface area (Å²) in [6.45, 7) is 9.29. The quantitative estimate of drug-likeness (QED) is 0.833. The zero-order chi connectivity index (χ0) is 14.4. The first kappa shape index (κ1) is 14.9. The summed E-state index contributed by atoms with van der Waals surface area (Å²) in [5.74, 6) is 0.183. The van der Waals surface area contributed by atoms with Gasteiger partial charge >= 0.3 is 0 Å². The van der Waals surface area contributed by atoms with Crippen molar-refractivity contribution >= 4 is 11.6 Å². The smallest absolute Gasteiger partial charge is 0.219 e. The highest BCUT2D eigenvalue weighted by Crippen LogP contribution is 2.21. The summed E-state index contributed by atoms with van der Waals surface area (Å²) in [6, 6.07) is 8.57. The number of carbonyl (C=O) groups excluding carboxylic acids is 1. The molecule has 1 heterocycles. The van der Waals surface area contributed by atoms with Crippen LogP contribution < -0.4 is 10.2 Å². The summed E-state index contributed by atoms with van der Waals surface area (Å²) in [5, 5.41) is 3.47. The predicted molar refractivity (Wildman–Crippen MR) is 82.9 cm³/mol. The van der Waals surface area contributed by atoms with Crippen LogP contribution in [0.3, 0.4) is 0 Å². The highest BCUT2D eigenvalue weighted by molar-refractivity contribution is 5.73. The van der Waals surface area contributed by atoms with Crippen molar-refractivity contribution < 1.29 is 4.79 Å². The number of amides is 1. The Labute approximate surface area is 121 Å². The normalized spacial score (nSPS) is 15.5. The molecule has 0 bridgehead atoms. The number of carbonyl (C=O) groups is 1. The van der Waals surface area contributed by atoms with Gasteiger partial charge < -0.3 is 15.1 Å². The molecule has 0 atom stereocenters. The van der Waals surface area contributed by atoms with Gasteiger partial charge in [-0.1, -0.05) is 25.1 Å². The van der Waals surface area contributed by atoms with Gasteiger partial charge in [0.1, 0.15) is 0 Å². The second-order valence-electron chi connectivity index (χ2n) is 5.30. The monoisotopic (exact) mass is 275 g/mol. The van der Waals surface area contributed by atoms with Crippen molar-refractivity contribution in [1.29, 1.82) is 0 Å². The van der Waals surface area contributed by atoms with Crippen molar-refractivity contribution in [3.05, 3.63) is 29.8 Å². The molecule has 1 aromatic carbocycles. The van der Waals surface area contributed by atoms with E-state index in [-0.39, 0.29) is 5.91 Å². The molecular weight excluding hydrogens is 250 g/mol. The average Bonchev–Trinajstić information content (AvgIpc) is 2.48. The molecule has 0 spiro atoms. The fraction of sp³-hybridized carbons (Fsp3) is 0.562. The molecule has 0 radical (unpaired) electrons. The lowest BCUT2D eigenvalue weighted by Gasteiger charge is -2.36. The third-order valence-corrected chi connectivity index (χ3v) is 3.80. The van der Waals surface area contributed by atoms with E-state index in [9.17, 15) is 4.79 Å². The molecule has 4 nitrogen and oxygen atoms in total. The van der Waals surface area contributed by atoms with Crippen molar-refractivity contribution in [2.75, 3.05) is 37.6 Å². The van der Waals surface area contributed by atoms with Crippen LogP contribution in [-0.2, 0) is 11.3 Å². The van der Waals surface area contributed by atoms with E-state index in [4.69, 9.17) is 0 Å². The summed E-state index contributed by atoms with van der Waals surface area (Å²) >= 11 is 0. The van der Waals surface area contributed by atoms with Gasteiger partial charge in [0, 0.05) is 45.3 Å². The number of para-hydroxylation sites is 1. The molecule has 1 saturated heterocycles. The minimum Gasteiger partial charge on any atom is -0.368 e. The number of hydrogen-bond donors (Lipinski definition) is 1. The Morgan fingerprint density at radius 2 is 1.90 bits per heavy atom. The van der Waals surface area contributed by atoms with Gasteiger partial charge in [-0.15, -0.1) is 0 Å². The van der Waals surface area contributed by atoms with E-state index in [1.165, 1.54) is 11.3 Å². The van der Waals surface area contributed by atoms with Crippen LogP contribution in [0.2, 0.25) is 0 Å². The molecule has 1 aliphatic rings. The van der Waals surface area contributed by atoms with Crippen LogP contribution in [-0.4, -0.2) is 43.5 Å². The minimum atomic E-state index is 0.183. The van der Waals surface area contributed by atoms with Gasteiger partial charge in [-0.2, -0.15) is 0 Å². The van der Waals surface area contributed by atoms with Crippen LogP contribution in [0, 0.1) is 0 Å². The van der Waals surface area contributed by atoms with Crippen molar-refractivity contribution in [2.24, 2.45) is 0 Å². The number of anilines is 1. The number of hydrogen-bond acceptors (Lipinski definition) is 3. The Morgan fingerprint density at radius 3 is 2.55 bits per heavy atom. The van der Waals surface area contributed by atoms with Crippen LogP contribution in [0.15, 0.2) is 24.3 Å². The van der Waals surface area contributed by atoms with Crippen LogP contribution >= 0.6 is 0 Å². The van der Waals surface area contributed by atoms with E-state index in [0.29, 0.717) is 0 Å². The average molecular weight is 275 g/mol. The molecule has 0 saturated carbocycles. The lowest BCUT2D eigenvalue weighted by molar-refractivity contribution is -0.129. The van der Waals surface area contributed by atoms with Crippen LogP contribution in [0.4, 0.5) is 5.69 Å². The van der Waals surface area contributed by atoms with E-state index >= 15 is 0 Å². The van der Waals surface area contributed by atoms with Crippen molar-refractivity contribution in [3.63, 3.8) is 0 Å². The maximum absolute atomic E-state index is 11.4. The number of nitrogens with one attached hydrogen (secondary N) is 1. The summed E-state index contributed by atoms with van der Waals surface area (Å²) in [6.07, 6.45) is 1.15. The lowest BCUT2D eigenvalue weighted by Crippen LogP contribution is -2.48. The predicted octanol–water partition coefficient (Wildman–Crippen LogP) is 1.85. The van der Waals surface area contributed by atoms with Crippen LogP contribution in [0.1, 0.15) is 25.8 Å². The molecule has 1 N–H and O–H groups in total. The fourth-order valence-corrected chi connectivity index (χ4v) is 2.63. The molecule has 110 valence electrons. The first-order valence-electron chi connectivity index (χ1n) is 7.51. The molecule has 20 heavy (non-hydrogen) atoms. The molecule has 1 aliphatic heterocycles. The largest absolute Gasteiger partial charge is 0.368 e. The Bertz CT molecular complexity index is 439. The van der Waals surface area contributed by atoms with E-state index in [1.54, 1.807) is 6.92 Å². The van der Waals surface area contributed by atoms with E-state index in [2.05, 4.69) is 41.4 Å². The van der Waals surface area contributed by atoms with E-state index in [1.807, 2.05) is 4.90 Å². The van der Waals surface area contributed by atoms with E-state index in [0.717, 1.165) is 45.7 Å². The number of nitrogens with zero attached hydrogens (tertiary/aromatic N) is 2. The summed E-state index contributed by atoms with van der Waals surface area (Å²) in [5.41, 5.74) is 2.65. The molecule has 4 heteroatoms. The molecule has 1 fully saturated rings. The second-order valence-corrected chi connectivity index (χ2v) is 5.30. The molecule has 0 aliphatic carbocycles. The summed E-state index contributed by atoms with van der Waals surface area (Å²) < 4.78 is 0. The van der Waals surface area contributed by atoms with Crippen molar-refractivity contribution in [3.8, 4) is 0 Å². The Kier molecular flexibility index (Phi) is 5.41. The van der Waals surface area contributed by atoms with Crippen LogP contribution in [0.5, 0.6) is 0 Å². The van der Waals surface area contributed by atoms with Gasteiger partial charge in [-0.3, -0.25) is 4.79 Å². The lowest BCUT2D eigenvalue weighted by atomic mass is 10.1. The van der Waals surface area contributed by atoms with Gasteiger partial charge in [0.2, 0.25) is 5.91 Å². The number of benzene rings is 1. The summed E-state index contributed by atoms with van der Waals surface area (Å²) in [7, 11) is 0. The fourth-order valence-electron chi connectivity index (χ4n) is 2.63. The van der Waals surface area contributed by atoms with Gasteiger partial charge in [0.25, 0.3) is 0 Å². The van der Waals surface area contributed by atoms with E-state index < -0.39 is 0 Å². The van der Waals surface area contributed by atoms with Gasteiger partial charge in [0.15, 0.2) is 0 Å². The SMILES string of the molecule is CCCNCc1ccccc1N1CCN(C(C)=O)CC1.